The van der Waals surface area contributed by atoms with Crippen LogP contribution in [0.25, 0.3) is 0 Å². The van der Waals surface area contributed by atoms with Gasteiger partial charge in [0, 0.05) is 35.3 Å². The van der Waals surface area contributed by atoms with E-state index in [1.54, 1.807) is 14.0 Å². The molecule has 1 unspecified atom stereocenters. The number of aliphatic hydroxyl groups is 1. The molecule has 1 saturated heterocycles. The van der Waals surface area contributed by atoms with Crippen LogP contribution in [0.1, 0.15) is 25.5 Å². The molecular weight excluding hydrogens is 246 g/mol. The fourth-order valence-electron chi connectivity index (χ4n) is 2.44. The van der Waals surface area contributed by atoms with Crippen LogP contribution in [0, 0.1) is 0 Å². The Morgan fingerprint density at radius 1 is 1.50 bits per heavy atom. The van der Waals surface area contributed by atoms with Gasteiger partial charge in [0.15, 0.2) is 0 Å². The van der Waals surface area contributed by atoms with Crippen molar-refractivity contribution in [1.29, 1.82) is 0 Å². The second kappa shape index (κ2) is 5.85. The van der Waals surface area contributed by atoms with Gasteiger partial charge >= 0.3 is 0 Å². The number of anilines is 1. The Bertz CT molecular complexity index is 409. The van der Waals surface area contributed by atoms with E-state index in [1.807, 2.05) is 23.9 Å². The summed E-state index contributed by atoms with van der Waals surface area (Å²) in [6.45, 7) is 6.10. The summed E-state index contributed by atoms with van der Waals surface area (Å²) in [5, 5.41) is 10.6. The van der Waals surface area contributed by atoms with Crippen molar-refractivity contribution in [2.45, 2.75) is 25.2 Å². The Balaban J connectivity index is 2.36. The van der Waals surface area contributed by atoms with Crippen LogP contribution in [0.2, 0.25) is 0 Å². The minimum Gasteiger partial charge on any atom is -0.496 e. The first-order chi connectivity index (χ1) is 8.63. The molecule has 2 rings (SSSR count). The highest BCUT2D eigenvalue weighted by Gasteiger charge is 2.22. The standard InChI is InChI=1S/C14H21NO2S/c1-10-9-15(7-8-18-10)12-5-4-6-13(17-3)14(12)11(2)16/h4-6,10-11,16H,7-9H2,1-3H3/t10?,11-/m1/s1. The number of rotatable bonds is 3. The minimum absolute atomic E-state index is 0.513. The third-order valence-corrected chi connectivity index (χ3v) is 4.40. The monoisotopic (exact) mass is 267 g/mol. The first kappa shape index (κ1) is 13.6. The summed E-state index contributed by atoms with van der Waals surface area (Å²) >= 11 is 2.01. The maximum absolute atomic E-state index is 10.0. The van der Waals surface area contributed by atoms with Gasteiger partial charge in [-0.15, -0.1) is 0 Å². The van der Waals surface area contributed by atoms with Gasteiger partial charge in [-0.05, 0) is 19.1 Å². The molecule has 1 aliphatic heterocycles. The zero-order valence-corrected chi connectivity index (χ0v) is 12.0. The summed E-state index contributed by atoms with van der Waals surface area (Å²) in [6.07, 6.45) is -0.513. The van der Waals surface area contributed by atoms with Crippen molar-refractivity contribution in [3.63, 3.8) is 0 Å². The largest absolute Gasteiger partial charge is 0.496 e. The van der Waals surface area contributed by atoms with Gasteiger partial charge in [-0.1, -0.05) is 13.0 Å². The molecule has 0 spiro atoms. The van der Waals surface area contributed by atoms with Crippen molar-refractivity contribution in [3.8, 4) is 5.75 Å². The van der Waals surface area contributed by atoms with Crippen LogP contribution in [0.4, 0.5) is 5.69 Å². The van der Waals surface area contributed by atoms with Crippen LogP contribution in [0.3, 0.4) is 0 Å². The summed E-state index contributed by atoms with van der Waals surface area (Å²) in [5.74, 6) is 1.91. The molecule has 1 aromatic carbocycles. The summed E-state index contributed by atoms with van der Waals surface area (Å²) in [4.78, 5) is 2.35. The zero-order chi connectivity index (χ0) is 13.1. The van der Waals surface area contributed by atoms with Crippen molar-refractivity contribution in [3.05, 3.63) is 23.8 Å². The molecule has 0 aliphatic carbocycles. The molecule has 0 amide bonds. The first-order valence-corrected chi connectivity index (χ1v) is 7.40. The van der Waals surface area contributed by atoms with Crippen LogP contribution in [0.5, 0.6) is 5.75 Å². The normalized spacial score (nSPS) is 21.8. The third kappa shape index (κ3) is 2.75. The molecule has 0 bridgehead atoms. The van der Waals surface area contributed by atoms with Crippen LogP contribution in [-0.4, -0.2) is 36.3 Å². The zero-order valence-electron chi connectivity index (χ0n) is 11.2. The van der Waals surface area contributed by atoms with Gasteiger partial charge < -0.3 is 14.7 Å². The number of hydrogen-bond acceptors (Lipinski definition) is 4. The van der Waals surface area contributed by atoms with Gasteiger partial charge in [0.05, 0.1) is 13.2 Å². The number of thioether (sulfide) groups is 1. The molecule has 0 aromatic heterocycles. The second-order valence-electron chi connectivity index (χ2n) is 4.70. The number of nitrogens with zero attached hydrogens (tertiary/aromatic N) is 1. The molecule has 2 atom stereocenters. The molecule has 4 heteroatoms. The number of ether oxygens (including phenoxy) is 1. The number of aliphatic hydroxyl groups excluding tert-OH is 1. The highest BCUT2D eigenvalue weighted by Crippen LogP contribution is 2.36. The summed E-state index contributed by atoms with van der Waals surface area (Å²) < 4.78 is 5.37. The fourth-order valence-corrected chi connectivity index (χ4v) is 3.46. The molecular formula is C14H21NO2S. The molecule has 3 nitrogen and oxygen atoms in total. The maximum atomic E-state index is 10.0. The van der Waals surface area contributed by atoms with Crippen LogP contribution < -0.4 is 9.64 Å². The Kier molecular flexibility index (Phi) is 4.40. The Morgan fingerprint density at radius 2 is 2.28 bits per heavy atom. The SMILES string of the molecule is COc1cccc(N2CCSC(C)C2)c1[C@@H](C)O. The lowest BCUT2D eigenvalue weighted by Crippen LogP contribution is -2.37. The van der Waals surface area contributed by atoms with Crippen LogP contribution in [0.15, 0.2) is 18.2 Å². The predicted molar refractivity (Wildman–Crippen MR) is 77.8 cm³/mol. The van der Waals surface area contributed by atoms with Crippen molar-refractivity contribution in [1.82, 2.24) is 0 Å². The fraction of sp³-hybridized carbons (Fsp3) is 0.571. The van der Waals surface area contributed by atoms with Gasteiger partial charge in [-0.25, -0.2) is 0 Å². The van der Waals surface area contributed by atoms with E-state index in [9.17, 15) is 5.11 Å². The molecule has 1 heterocycles. The second-order valence-corrected chi connectivity index (χ2v) is 6.24. The van der Waals surface area contributed by atoms with Crippen molar-refractivity contribution < 1.29 is 9.84 Å². The lowest BCUT2D eigenvalue weighted by Gasteiger charge is -2.34. The molecule has 1 N–H and O–H groups in total. The van der Waals surface area contributed by atoms with Gasteiger partial charge in [0.1, 0.15) is 5.75 Å². The van der Waals surface area contributed by atoms with E-state index in [0.717, 1.165) is 35.8 Å². The maximum Gasteiger partial charge on any atom is 0.126 e. The first-order valence-electron chi connectivity index (χ1n) is 6.35. The molecule has 1 aliphatic rings. The summed E-state index contributed by atoms with van der Waals surface area (Å²) in [7, 11) is 1.65. The molecule has 0 radical (unpaired) electrons. The van der Waals surface area contributed by atoms with Gasteiger partial charge in [-0.3, -0.25) is 0 Å². The van der Waals surface area contributed by atoms with Gasteiger partial charge in [-0.2, -0.15) is 11.8 Å². The van der Waals surface area contributed by atoms with E-state index < -0.39 is 6.10 Å². The van der Waals surface area contributed by atoms with E-state index >= 15 is 0 Å². The van der Waals surface area contributed by atoms with Crippen LogP contribution in [-0.2, 0) is 0 Å². The highest BCUT2D eigenvalue weighted by molar-refractivity contribution is 8.00. The topological polar surface area (TPSA) is 32.7 Å². The van der Waals surface area contributed by atoms with Crippen molar-refractivity contribution in [2.75, 3.05) is 30.9 Å². The lowest BCUT2D eigenvalue weighted by molar-refractivity contribution is 0.194. The smallest absolute Gasteiger partial charge is 0.126 e. The van der Waals surface area contributed by atoms with Crippen molar-refractivity contribution >= 4 is 17.4 Å². The average molecular weight is 267 g/mol. The van der Waals surface area contributed by atoms with E-state index in [0.29, 0.717) is 5.25 Å². The highest BCUT2D eigenvalue weighted by atomic mass is 32.2. The van der Waals surface area contributed by atoms with Gasteiger partial charge in [0.2, 0.25) is 0 Å². The Hall–Kier alpha value is -0.870. The van der Waals surface area contributed by atoms with E-state index in [2.05, 4.69) is 17.9 Å². The number of methoxy groups -OCH3 is 1. The van der Waals surface area contributed by atoms with E-state index in [1.165, 1.54) is 0 Å². The quantitative estimate of drug-likeness (QED) is 0.912. The predicted octanol–water partition coefficient (Wildman–Crippen LogP) is 2.69. The minimum atomic E-state index is -0.513. The summed E-state index contributed by atoms with van der Waals surface area (Å²) in [5.41, 5.74) is 2.01. The van der Waals surface area contributed by atoms with E-state index in [4.69, 9.17) is 4.74 Å². The molecule has 1 aromatic rings. The molecule has 100 valence electrons. The Labute approximate surface area is 113 Å². The van der Waals surface area contributed by atoms with Crippen LogP contribution >= 0.6 is 11.8 Å². The number of hydrogen-bond donors (Lipinski definition) is 1. The lowest BCUT2D eigenvalue weighted by atomic mass is 10.1. The summed E-state index contributed by atoms with van der Waals surface area (Å²) in [6, 6.07) is 5.98. The number of benzene rings is 1. The molecule has 0 saturated carbocycles. The molecule has 18 heavy (non-hydrogen) atoms. The third-order valence-electron chi connectivity index (χ3n) is 3.26. The van der Waals surface area contributed by atoms with Gasteiger partial charge in [0.25, 0.3) is 0 Å². The van der Waals surface area contributed by atoms with Crippen molar-refractivity contribution in [2.24, 2.45) is 0 Å². The molecule has 1 fully saturated rings. The average Bonchev–Trinajstić information content (AvgIpc) is 2.37. The van der Waals surface area contributed by atoms with E-state index in [-0.39, 0.29) is 0 Å². The Morgan fingerprint density at radius 3 is 2.89 bits per heavy atom.